The van der Waals surface area contributed by atoms with Gasteiger partial charge in [-0.15, -0.1) is 0 Å². The van der Waals surface area contributed by atoms with Crippen molar-refractivity contribution in [3.63, 3.8) is 0 Å². The van der Waals surface area contributed by atoms with Gasteiger partial charge in [0, 0.05) is 11.8 Å². The first-order valence-corrected chi connectivity index (χ1v) is 4.73. The minimum absolute atomic E-state index is 0.265. The van der Waals surface area contributed by atoms with E-state index in [1.807, 2.05) is 0 Å². The van der Waals surface area contributed by atoms with Gasteiger partial charge in [-0.05, 0) is 33.8 Å². The second kappa shape index (κ2) is 3.88. The fourth-order valence-electron chi connectivity index (χ4n) is 1.11. The Bertz CT molecular complexity index is 426. The van der Waals surface area contributed by atoms with E-state index < -0.39 is 11.6 Å². The zero-order chi connectivity index (χ0) is 11.6. The number of aromatic nitrogens is 1. The van der Waals surface area contributed by atoms with E-state index in [2.05, 4.69) is 4.98 Å². The topological polar surface area (TPSA) is 59.2 Å². The number of esters is 1. The lowest BCUT2D eigenvalue weighted by molar-refractivity contribution is 0.00684. The van der Waals surface area contributed by atoms with E-state index in [-0.39, 0.29) is 5.56 Å². The predicted octanol–water partition coefficient (Wildman–Crippen LogP) is 1.64. The smallest absolute Gasteiger partial charge is 0.339 e. The van der Waals surface area contributed by atoms with E-state index in [9.17, 15) is 9.59 Å². The average molecular weight is 209 g/mol. The Morgan fingerprint density at radius 2 is 2.00 bits per heavy atom. The van der Waals surface area contributed by atoms with Crippen molar-refractivity contribution >= 4 is 5.97 Å². The van der Waals surface area contributed by atoms with Crippen LogP contribution in [0.4, 0.5) is 0 Å². The third-order valence-corrected chi connectivity index (χ3v) is 1.83. The van der Waals surface area contributed by atoms with Crippen molar-refractivity contribution in [1.82, 2.24) is 4.98 Å². The highest BCUT2D eigenvalue weighted by molar-refractivity contribution is 5.91. The molecule has 0 aliphatic heterocycles. The molecule has 0 radical (unpaired) electrons. The van der Waals surface area contributed by atoms with Gasteiger partial charge >= 0.3 is 5.97 Å². The first-order chi connectivity index (χ1) is 6.81. The molecule has 0 fully saturated rings. The number of pyridine rings is 1. The maximum atomic E-state index is 11.7. The maximum Gasteiger partial charge on any atom is 0.339 e. The lowest BCUT2D eigenvalue weighted by atomic mass is 10.1. The molecule has 1 rings (SSSR count). The summed E-state index contributed by atoms with van der Waals surface area (Å²) in [6.07, 6.45) is 1.44. The van der Waals surface area contributed by atoms with Gasteiger partial charge in [-0.3, -0.25) is 4.79 Å². The molecular formula is C11H15NO3. The van der Waals surface area contributed by atoms with Crippen molar-refractivity contribution in [1.29, 1.82) is 0 Å². The number of carbonyl (C=O) groups excluding carboxylic acids is 1. The zero-order valence-corrected chi connectivity index (χ0v) is 9.38. The van der Waals surface area contributed by atoms with Gasteiger partial charge < -0.3 is 9.72 Å². The number of hydrogen-bond donors (Lipinski definition) is 1. The molecule has 1 aromatic heterocycles. The van der Waals surface area contributed by atoms with E-state index in [1.165, 1.54) is 6.20 Å². The Labute approximate surface area is 88.3 Å². The third kappa shape index (κ3) is 2.94. The third-order valence-electron chi connectivity index (χ3n) is 1.83. The van der Waals surface area contributed by atoms with Crippen molar-refractivity contribution in [3.05, 3.63) is 33.7 Å². The highest BCUT2D eigenvalue weighted by atomic mass is 16.6. The van der Waals surface area contributed by atoms with Gasteiger partial charge in [-0.1, -0.05) is 0 Å². The summed E-state index contributed by atoms with van der Waals surface area (Å²) in [6.45, 7) is 6.95. The number of nitrogens with one attached hydrogen (secondary N) is 1. The van der Waals surface area contributed by atoms with Crippen LogP contribution in [0.25, 0.3) is 0 Å². The van der Waals surface area contributed by atoms with Crippen LogP contribution >= 0.6 is 0 Å². The van der Waals surface area contributed by atoms with E-state index in [1.54, 1.807) is 33.8 Å². The summed E-state index contributed by atoms with van der Waals surface area (Å²) >= 11 is 0. The fraction of sp³-hybridized carbons (Fsp3) is 0.455. The van der Waals surface area contributed by atoms with Gasteiger partial charge in [0.25, 0.3) is 5.56 Å². The Morgan fingerprint density at radius 1 is 1.40 bits per heavy atom. The van der Waals surface area contributed by atoms with Crippen LogP contribution in [0.5, 0.6) is 0 Å². The molecule has 0 saturated carbocycles. The van der Waals surface area contributed by atoms with Gasteiger partial charge in [0.15, 0.2) is 0 Å². The highest BCUT2D eigenvalue weighted by Gasteiger charge is 2.19. The summed E-state index contributed by atoms with van der Waals surface area (Å²) in [7, 11) is 0. The largest absolute Gasteiger partial charge is 0.456 e. The monoisotopic (exact) mass is 209 g/mol. The van der Waals surface area contributed by atoms with Crippen LogP contribution < -0.4 is 5.56 Å². The minimum Gasteiger partial charge on any atom is -0.456 e. The molecule has 0 aliphatic carbocycles. The number of H-pyrrole nitrogens is 1. The van der Waals surface area contributed by atoms with Gasteiger partial charge in [-0.25, -0.2) is 4.79 Å². The molecule has 0 saturated heterocycles. The molecule has 0 unspecified atom stereocenters. The molecule has 4 nitrogen and oxygen atoms in total. The molecule has 1 N–H and O–H groups in total. The van der Waals surface area contributed by atoms with Crippen molar-refractivity contribution in [2.75, 3.05) is 0 Å². The summed E-state index contributed by atoms with van der Waals surface area (Å²) in [5.74, 6) is -0.467. The van der Waals surface area contributed by atoms with Crippen LogP contribution in [0.2, 0.25) is 0 Å². The van der Waals surface area contributed by atoms with Crippen molar-refractivity contribution in [2.24, 2.45) is 0 Å². The molecule has 0 atom stereocenters. The van der Waals surface area contributed by atoms with Crippen molar-refractivity contribution in [3.8, 4) is 0 Å². The number of rotatable bonds is 1. The van der Waals surface area contributed by atoms with E-state index in [4.69, 9.17) is 4.74 Å². The molecule has 0 bridgehead atoms. The fourth-order valence-corrected chi connectivity index (χ4v) is 1.11. The molecule has 0 aromatic carbocycles. The van der Waals surface area contributed by atoms with Crippen LogP contribution in [-0.4, -0.2) is 16.6 Å². The van der Waals surface area contributed by atoms with Gasteiger partial charge in [0.1, 0.15) is 5.60 Å². The zero-order valence-electron chi connectivity index (χ0n) is 9.38. The number of hydrogen-bond acceptors (Lipinski definition) is 3. The Balaban J connectivity index is 3.03. The van der Waals surface area contributed by atoms with Crippen LogP contribution in [0.15, 0.2) is 17.1 Å². The lowest BCUT2D eigenvalue weighted by Crippen LogP contribution is -2.26. The first-order valence-electron chi connectivity index (χ1n) is 4.73. The Morgan fingerprint density at radius 3 is 2.53 bits per heavy atom. The van der Waals surface area contributed by atoms with E-state index >= 15 is 0 Å². The van der Waals surface area contributed by atoms with Crippen LogP contribution in [0.1, 0.15) is 36.7 Å². The molecule has 0 amide bonds. The standard InChI is InChI=1S/C11H15NO3/c1-7-8(5-6-12-9(7)13)10(14)15-11(2,3)4/h5-6H,1-4H3,(H,12,13). The first kappa shape index (κ1) is 11.5. The summed E-state index contributed by atoms with van der Waals surface area (Å²) in [5.41, 5.74) is -0.120. The lowest BCUT2D eigenvalue weighted by Gasteiger charge is -2.19. The molecule has 0 spiro atoms. The summed E-state index contributed by atoms with van der Waals surface area (Å²) in [6, 6.07) is 1.55. The van der Waals surface area contributed by atoms with Crippen LogP contribution in [0.3, 0.4) is 0 Å². The van der Waals surface area contributed by atoms with Gasteiger partial charge in [0.2, 0.25) is 0 Å². The summed E-state index contributed by atoms with van der Waals surface area (Å²) in [5, 5.41) is 0. The Hall–Kier alpha value is -1.58. The summed E-state index contributed by atoms with van der Waals surface area (Å²) < 4.78 is 5.17. The number of carbonyl (C=O) groups is 1. The van der Waals surface area contributed by atoms with Crippen LogP contribution in [0, 0.1) is 6.92 Å². The molecule has 1 heterocycles. The van der Waals surface area contributed by atoms with Gasteiger partial charge in [0.05, 0.1) is 5.56 Å². The molecule has 82 valence electrons. The second-order valence-corrected chi connectivity index (χ2v) is 4.35. The van der Waals surface area contributed by atoms with E-state index in [0.29, 0.717) is 11.1 Å². The molecule has 0 aliphatic rings. The van der Waals surface area contributed by atoms with Crippen molar-refractivity contribution in [2.45, 2.75) is 33.3 Å². The van der Waals surface area contributed by atoms with E-state index in [0.717, 1.165) is 0 Å². The number of aromatic amines is 1. The minimum atomic E-state index is -0.549. The maximum absolute atomic E-state index is 11.7. The van der Waals surface area contributed by atoms with Crippen LogP contribution in [-0.2, 0) is 4.74 Å². The number of ether oxygens (including phenoxy) is 1. The second-order valence-electron chi connectivity index (χ2n) is 4.35. The predicted molar refractivity (Wildman–Crippen MR) is 57.0 cm³/mol. The normalized spacial score (nSPS) is 11.2. The summed E-state index contributed by atoms with van der Waals surface area (Å²) in [4.78, 5) is 25.4. The van der Waals surface area contributed by atoms with Crippen molar-refractivity contribution < 1.29 is 9.53 Å². The molecule has 15 heavy (non-hydrogen) atoms. The highest BCUT2D eigenvalue weighted by Crippen LogP contribution is 2.12. The quantitative estimate of drug-likeness (QED) is 0.715. The Kier molecular flexibility index (Phi) is 2.98. The molecular weight excluding hydrogens is 194 g/mol. The van der Waals surface area contributed by atoms with Gasteiger partial charge in [-0.2, -0.15) is 0 Å². The average Bonchev–Trinajstić information content (AvgIpc) is 2.06. The molecule has 4 heteroatoms. The molecule has 1 aromatic rings. The SMILES string of the molecule is Cc1c(C(=O)OC(C)(C)C)cc[nH]c1=O.